The van der Waals surface area contributed by atoms with Crippen molar-refractivity contribution in [2.45, 2.75) is 43.0 Å². The Balaban J connectivity index is 1.43. The summed E-state index contributed by atoms with van der Waals surface area (Å²) >= 11 is 5.81. The summed E-state index contributed by atoms with van der Waals surface area (Å²) in [5.74, 6) is 0.390. The lowest BCUT2D eigenvalue weighted by atomic mass is 9.81. The maximum Gasteiger partial charge on any atom is 0.260 e. The maximum absolute atomic E-state index is 12.4. The Labute approximate surface area is 164 Å². The standard InChI is InChI=1S/C18H25ClN2O5S/c19-14-2-4-15(5-3-14)26-12-17(22)21-10-6-16(7-11-21)27(24,25)20-13-18(23)8-1-9-18/h2-5,16,20,23H,1,6-13H2. The number of halogens is 1. The molecule has 0 aromatic heterocycles. The van der Waals surface area contributed by atoms with Crippen LogP contribution in [-0.2, 0) is 14.8 Å². The number of sulfonamides is 1. The van der Waals surface area contributed by atoms with Gasteiger partial charge in [0.15, 0.2) is 6.61 Å². The van der Waals surface area contributed by atoms with Crippen LogP contribution >= 0.6 is 11.6 Å². The number of carbonyl (C=O) groups is 1. The van der Waals surface area contributed by atoms with E-state index in [-0.39, 0.29) is 19.1 Å². The molecule has 0 atom stereocenters. The summed E-state index contributed by atoms with van der Waals surface area (Å²) in [7, 11) is -3.49. The first-order valence-electron chi connectivity index (χ1n) is 9.14. The molecule has 0 unspecified atom stereocenters. The molecule has 1 saturated heterocycles. The average molecular weight is 417 g/mol. The predicted molar refractivity (Wildman–Crippen MR) is 102 cm³/mol. The molecule has 0 radical (unpaired) electrons. The Kier molecular flexibility index (Phi) is 6.30. The zero-order valence-corrected chi connectivity index (χ0v) is 16.6. The summed E-state index contributed by atoms with van der Waals surface area (Å²) in [6.07, 6.45) is 2.95. The second-order valence-electron chi connectivity index (χ2n) is 7.27. The summed E-state index contributed by atoms with van der Waals surface area (Å²) in [6.45, 7) is 0.727. The van der Waals surface area contributed by atoms with E-state index in [1.807, 2.05) is 0 Å². The van der Waals surface area contributed by atoms with E-state index in [9.17, 15) is 18.3 Å². The lowest BCUT2D eigenvalue weighted by molar-refractivity contribution is -0.134. The number of nitrogens with one attached hydrogen (secondary N) is 1. The summed E-state index contributed by atoms with van der Waals surface area (Å²) in [4.78, 5) is 13.9. The van der Waals surface area contributed by atoms with Crippen molar-refractivity contribution in [2.75, 3.05) is 26.2 Å². The number of piperidine rings is 1. The molecule has 7 nitrogen and oxygen atoms in total. The molecule has 1 saturated carbocycles. The highest BCUT2D eigenvalue weighted by Gasteiger charge is 2.37. The molecule has 1 aromatic carbocycles. The van der Waals surface area contributed by atoms with Gasteiger partial charge in [-0.15, -0.1) is 0 Å². The smallest absolute Gasteiger partial charge is 0.260 e. The molecular weight excluding hydrogens is 392 g/mol. The fraction of sp³-hybridized carbons (Fsp3) is 0.611. The molecule has 0 bridgehead atoms. The van der Waals surface area contributed by atoms with E-state index in [1.165, 1.54) is 0 Å². The first kappa shape index (κ1) is 20.4. The fourth-order valence-corrected chi connectivity index (χ4v) is 4.96. The van der Waals surface area contributed by atoms with Gasteiger partial charge >= 0.3 is 0 Å². The van der Waals surface area contributed by atoms with Gasteiger partial charge in [-0.1, -0.05) is 11.6 Å². The van der Waals surface area contributed by atoms with Crippen LogP contribution in [0.5, 0.6) is 5.75 Å². The Morgan fingerprint density at radius 2 is 1.89 bits per heavy atom. The number of amides is 1. The number of likely N-dealkylation sites (tertiary alicyclic amines) is 1. The summed E-state index contributed by atoms with van der Waals surface area (Å²) < 4.78 is 32.9. The van der Waals surface area contributed by atoms with Gasteiger partial charge in [0.1, 0.15) is 5.75 Å². The molecular formula is C18H25ClN2O5S. The number of rotatable bonds is 7. The van der Waals surface area contributed by atoms with Crippen molar-refractivity contribution >= 4 is 27.5 Å². The van der Waals surface area contributed by atoms with Crippen LogP contribution in [0.15, 0.2) is 24.3 Å². The highest BCUT2D eigenvalue weighted by Crippen LogP contribution is 2.31. The van der Waals surface area contributed by atoms with Crippen LogP contribution in [0.2, 0.25) is 5.02 Å². The van der Waals surface area contributed by atoms with Gasteiger partial charge in [0.2, 0.25) is 10.0 Å². The van der Waals surface area contributed by atoms with Crippen molar-refractivity contribution in [2.24, 2.45) is 0 Å². The number of carbonyl (C=O) groups excluding carboxylic acids is 1. The van der Waals surface area contributed by atoms with E-state index in [2.05, 4.69) is 4.72 Å². The fourth-order valence-electron chi connectivity index (χ4n) is 3.30. The quantitative estimate of drug-likeness (QED) is 0.703. The van der Waals surface area contributed by atoms with E-state index in [0.29, 0.717) is 49.5 Å². The molecule has 3 rings (SSSR count). The van der Waals surface area contributed by atoms with Gasteiger partial charge in [-0.2, -0.15) is 0 Å². The normalized spacial score (nSPS) is 20.1. The molecule has 1 heterocycles. The van der Waals surface area contributed by atoms with Crippen molar-refractivity contribution in [1.82, 2.24) is 9.62 Å². The molecule has 0 spiro atoms. The molecule has 1 aliphatic carbocycles. The second kappa shape index (κ2) is 8.34. The van der Waals surface area contributed by atoms with Crippen LogP contribution in [0.3, 0.4) is 0 Å². The van der Waals surface area contributed by atoms with Crippen molar-refractivity contribution in [1.29, 1.82) is 0 Å². The molecule has 2 fully saturated rings. The summed E-state index contributed by atoms with van der Waals surface area (Å²) in [5.41, 5.74) is -0.886. The van der Waals surface area contributed by atoms with Crippen molar-refractivity contribution < 1.29 is 23.1 Å². The summed E-state index contributed by atoms with van der Waals surface area (Å²) in [5, 5.41) is 10.1. The van der Waals surface area contributed by atoms with E-state index >= 15 is 0 Å². The minimum absolute atomic E-state index is 0.0728. The molecule has 27 heavy (non-hydrogen) atoms. The zero-order valence-electron chi connectivity index (χ0n) is 15.1. The van der Waals surface area contributed by atoms with Crippen LogP contribution in [0.1, 0.15) is 32.1 Å². The van der Waals surface area contributed by atoms with Gasteiger partial charge in [-0.25, -0.2) is 13.1 Å². The molecule has 9 heteroatoms. The van der Waals surface area contributed by atoms with Gasteiger partial charge in [0.05, 0.1) is 10.9 Å². The number of nitrogens with zero attached hydrogens (tertiary/aromatic N) is 1. The van der Waals surface area contributed by atoms with Gasteiger partial charge in [-0.3, -0.25) is 4.79 Å². The van der Waals surface area contributed by atoms with Gasteiger partial charge in [-0.05, 0) is 56.4 Å². The number of hydrogen-bond donors (Lipinski definition) is 2. The number of aliphatic hydroxyl groups is 1. The number of ether oxygens (including phenoxy) is 1. The van der Waals surface area contributed by atoms with E-state index < -0.39 is 20.9 Å². The van der Waals surface area contributed by atoms with E-state index in [4.69, 9.17) is 16.3 Å². The Morgan fingerprint density at radius 3 is 2.44 bits per heavy atom. The average Bonchev–Trinajstić information content (AvgIpc) is 2.64. The molecule has 2 N–H and O–H groups in total. The lowest BCUT2D eigenvalue weighted by Crippen LogP contribution is -2.51. The van der Waals surface area contributed by atoms with Crippen molar-refractivity contribution in [3.8, 4) is 5.75 Å². The first-order chi connectivity index (χ1) is 12.8. The van der Waals surface area contributed by atoms with Crippen molar-refractivity contribution in [3.63, 3.8) is 0 Å². The maximum atomic E-state index is 12.4. The minimum atomic E-state index is -3.49. The third-order valence-electron chi connectivity index (χ3n) is 5.30. The van der Waals surface area contributed by atoms with Gasteiger partial charge in [0.25, 0.3) is 5.91 Å². The van der Waals surface area contributed by atoms with Gasteiger partial charge < -0.3 is 14.7 Å². The third kappa shape index (κ3) is 5.34. The number of benzene rings is 1. The molecule has 1 amide bonds. The highest BCUT2D eigenvalue weighted by atomic mass is 35.5. The van der Waals surface area contributed by atoms with Crippen LogP contribution in [0.4, 0.5) is 0 Å². The molecule has 2 aliphatic rings. The largest absolute Gasteiger partial charge is 0.484 e. The summed E-state index contributed by atoms with van der Waals surface area (Å²) in [6, 6.07) is 6.75. The predicted octanol–water partition coefficient (Wildman–Crippen LogP) is 1.54. The Hall–Kier alpha value is -1.35. The molecule has 150 valence electrons. The Bertz CT molecular complexity index is 756. The van der Waals surface area contributed by atoms with Crippen molar-refractivity contribution in [3.05, 3.63) is 29.3 Å². The van der Waals surface area contributed by atoms with E-state index in [0.717, 1.165) is 6.42 Å². The van der Waals surface area contributed by atoms with Crippen LogP contribution in [0, 0.1) is 0 Å². The molecule has 1 aromatic rings. The monoisotopic (exact) mass is 416 g/mol. The Morgan fingerprint density at radius 1 is 1.26 bits per heavy atom. The number of hydrogen-bond acceptors (Lipinski definition) is 5. The van der Waals surface area contributed by atoms with Crippen LogP contribution < -0.4 is 9.46 Å². The molecule has 1 aliphatic heterocycles. The first-order valence-corrected chi connectivity index (χ1v) is 11.1. The van der Waals surface area contributed by atoms with Gasteiger partial charge in [0, 0.05) is 24.7 Å². The van der Waals surface area contributed by atoms with Crippen LogP contribution in [-0.4, -0.2) is 61.4 Å². The second-order valence-corrected chi connectivity index (χ2v) is 9.75. The zero-order chi connectivity index (χ0) is 19.5. The SMILES string of the molecule is O=C(COc1ccc(Cl)cc1)N1CCC(S(=O)(=O)NCC2(O)CCC2)CC1. The van der Waals surface area contributed by atoms with Crippen LogP contribution in [0.25, 0.3) is 0 Å². The third-order valence-corrected chi connectivity index (χ3v) is 7.44. The highest BCUT2D eigenvalue weighted by molar-refractivity contribution is 7.90. The topological polar surface area (TPSA) is 95.9 Å². The minimum Gasteiger partial charge on any atom is -0.484 e. The lowest BCUT2D eigenvalue weighted by Gasteiger charge is -2.37. The van der Waals surface area contributed by atoms with E-state index in [1.54, 1.807) is 29.2 Å².